The van der Waals surface area contributed by atoms with Crippen molar-refractivity contribution < 1.29 is 9.42 Å². The number of thiocarbonyl (C=S) groups is 1. The Morgan fingerprint density at radius 3 is 2.67 bits per heavy atom. The predicted molar refractivity (Wildman–Crippen MR) is 96.8 cm³/mol. The topological polar surface area (TPSA) is 29.5 Å². The molecular weight excluding hydrogens is 319 g/mol. The van der Waals surface area contributed by atoms with Crippen LogP contribution in [0.4, 0.5) is 0 Å². The first-order valence-corrected chi connectivity index (χ1v) is 10.1. The molecule has 1 aliphatic rings. The maximum Gasteiger partial charge on any atom is 0.267 e. The van der Waals surface area contributed by atoms with Gasteiger partial charge in [-0.15, -0.1) is 0 Å². The molecule has 2 nitrogen and oxygen atoms in total. The fourth-order valence-electron chi connectivity index (χ4n) is 2.40. The third-order valence-electron chi connectivity index (χ3n) is 3.47. The summed E-state index contributed by atoms with van der Waals surface area (Å²) in [4.78, 5) is 11.3. The van der Waals surface area contributed by atoms with Crippen LogP contribution in [0, 0.1) is 0 Å². The molecule has 0 aliphatic heterocycles. The molecule has 5 heteroatoms. The molecule has 0 radical (unpaired) electrons. The lowest BCUT2D eigenvalue weighted by molar-refractivity contribution is 0.489. The number of rotatable bonds is 5. The molecule has 0 saturated heterocycles. The van der Waals surface area contributed by atoms with Crippen LogP contribution < -0.4 is 4.52 Å². The summed E-state index contributed by atoms with van der Waals surface area (Å²) in [5.41, 5.74) is 2.34. The minimum atomic E-state index is -3.11. The molecule has 0 aromatic heterocycles. The van der Waals surface area contributed by atoms with Crippen LogP contribution in [0.2, 0.25) is 0 Å². The van der Waals surface area contributed by atoms with Crippen molar-refractivity contribution in [1.82, 2.24) is 0 Å². The first-order valence-electron chi connectivity index (χ1n) is 7.03. The molecule has 2 rings (SSSR count). The standard InChI is InChI=1S/C16H19O2PS2/c1-3-12-8-7-9-14(13(12)4-2)18-19(17,21)15-10-5-6-11-16(15)20/h5-10H,3-4,11H2,1-2H3,(H,17,21). The number of hydrogen-bond acceptors (Lipinski definition) is 3. The number of hydrogen-bond donors (Lipinski definition) is 1. The van der Waals surface area contributed by atoms with E-state index in [1.54, 1.807) is 6.08 Å². The molecule has 0 bridgehead atoms. The summed E-state index contributed by atoms with van der Waals surface area (Å²) < 4.78 is 5.87. The van der Waals surface area contributed by atoms with E-state index < -0.39 is 6.49 Å². The molecule has 1 N–H and O–H groups in total. The average Bonchev–Trinajstić information content (AvgIpc) is 2.46. The second-order valence-corrected chi connectivity index (χ2v) is 8.50. The van der Waals surface area contributed by atoms with Crippen LogP contribution in [-0.2, 0) is 24.6 Å². The SMILES string of the molecule is CCc1cccc(OP(O)(=S)C2=CC=CCC2=S)c1CC. The lowest BCUT2D eigenvalue weighted by Crippen LogP contribution is -2.07. The summed E-state index contributed by atoms with van der Waals surface area (Å²) in [5.74, 6) is 0.681. The maximum absolute atomic E-state index is 10.7. The molecule has 1 aliphatic carbocycles. The van der Waals surface area contributed by atoms with E-state index in [1.807, 2.05) is 24.3 Å². The molecule has 1 unspecified atom stereocenters. The first-order chi connectivity index (χ1) is 9.99. The van der Waals surface area contributed by atoms with E-state index in [0.29, 0.717) is 22.3 Å². The van der Waals surface area contributed by atoms with Gasteiger partial charge in [-0.2, -0.15) is 0 Å². The molecule has 21 heavy (non-hydrogen) atoms. The van der Waals surface area contributed by atoms with Crippen LogP contribution in [0.3, 0.4) is 0 Å². The highest BCUT2D eigenvalue weighted by Gasteiger charge is 2.27. The number of aryl methyl sites for hydroxylation is 1. The van der Waals surface area contributed by atoms with Gasteiger partial charge in [-0.3, -0.25) is 0 Å². The minimum absolute atomic E-state index is 0.596. The Kier molecular flexibility index (Phi) is 5.50. The van der Waals surface area contributed by atoms with Gasteiger partial charge in [0, 0.05) is 11.3 Å². The third kappa shape index (κ3) is 3.70. The first kappa shape index (κ1) is 16.6. The van der Waals surface area contributed by atoms with E-state index in [0.717, 1.165) is 18.4 Å². The molecule has 0 fully saturated rings. The summed E-state index contributed by atoms with van der Waals surface area (Å²) in [7, 11) is 0. The maximum atomic E-state index is 10.7. The zero-order chi connectivity index (χ0) is 15.5. The van der Waals surface area contributed by atoms with Crippen LogP contribution >= 0.6 is 18.7 Å². The molecule has 0 heterocycles. The highest BCUT2D eigenvalue weighted by molar-refractivity contribution is 8.12. The Bertz CT molecular complexity index is 662. The largest absolute Gasteiger partial charge is 0.440 e. The van der Waals surface area contributed by atoms with Crippen LogP contribution in [0.15, 0.2) is 41.7 Å². The van der Waals surface area contributed by atoms with Crippen LogP contribution in [0.25, 0.3) is 0 Å². The van der Waals surface area contributed by atoms with Gasteiger partial charge in [0.15, 0.2) is 0 Å². The van der Waals surface area contributed by atoms with Gasteiger partial charge in [0.1, 0.15) is 5.75 Å². The van der Waals surface area contributed by atoms with Crippen molar-refractivity contribution in [3.05, 3.63) is 52.9 Å². The fraction of sp³-hybridized carbons (Fsp3) is 0.312. The molecule has 1 aromatic carbocycles. The van der Waals surface area contributed by atoms with Crippen LogP contribution in [0.1, 0.15) is 31.4 Å². The van der Waals surface area contributed by atoms with Gasteiger partial charge in [-0.1, -0.05) is 50.4 Å². The van der Waals surface area contributed by atoms with E-state index in [4.69, 9.17) is 28.5 Å². The summed E-state index contributed by atoms with van der Waals surface area (Å²) in [6.07, 6.45) is 8.02. The summed E-state index contributed by atoms with van der Waals surface area (Å²) in [6.45, 7) is 1.07. The minimum Gasteiger partial charge on any atom is -0.440 e. The number of benzene rings is 1. The summed E-state index contributed by atoms with van der Waals surface area (Å²) >= 11 is 10.7. The average molecular weight is 338 g/mol. The Hall–Kier alpha value is -0.800. The van der Waals surface area contributed by atoms with Crippen LogP contribution in [-0.4, -0.2) is 9.76 Å². The van der Waals surface area contributed by atoms with Gasteiger partial charge in [0.05, 0.1) is 5.31 Å². The van der Waals surface area contributed by atoms with Gasteiger partial charge in [0.25, 0.3) is 6.49 Å². The van der Waals surface area contributed by atoms with Crippen molar-refractivity contribution in [3.63, 3.8) is 0 Å². The zero-order valence-electron chi connectivity index (χ0n) is 12.2. The van der Waals surface area contributed by atoms with E-state index in [-0.39, 0.29) is 0 Å². The van der Waals surface area contributed by atoms with Gasteiger partial charge in [0.2, 0.25) is 0 Å². The Morgan fingerprint density at radius 1 is 1.29 bits per heavy atom. The van der Waals surface area contributed by atoms with Crippen molar-refractivity contribution in [3.8, 4) is 5.75 Å². The molecule has 0 saturated carbocycles. The Balaban J connectivity index is 2.37. The lowest BCUT2D eigenvalue weighted by atomic mass is 10.0. The lowest BCUT2D eigenvalue weighted by Gasteiger charge is -2.23. The highest BCUT2D eigenvalue weighted by atomic mass is 32.5. The van der Waals surface area contributed by atoms with Crippen LogP contribution in [0.5, 0.6) is 5.75 Å². The second-order valence-electron chi connectivity index (χ2n) is 4.82. The van der Waals surface area contributed by atoms with Gasteiger partial charge in [-0.25, -0.2) is 0 Å². The van der Waals surface area contributed by atoms with Gasteiger partial charge in [-0.05, 0) is 47.9 Å². The summed E-state index contributed by atoms with van der Waals surface area (Å²) in [6, 6.07) is 5.90. The molecule has 0 spiro atoms. The second kappa shape index (κ2) is 6.97. The van der Waals surface area contributed by atoms with E-state index in [2.05, 4.69) is 19.9 Å². The fourth-order valence-corrected chi connectivity index (χ4v) is 5.07. The van der Waals surface area contributed by atoms with Gasteiger partial charge < -0.3 is 9.42 Å². The summed E-state index contributed by atoms with van der Waals surface area (Å²) in [5, 5.41) is 0.596. The number of allylic oxidation sites excluding steroid dienone is 4. The van der Waals surface area contributed by atoms with E-state index in [9.17, 15) is 4.89 Å². The zero-order valence-corrected chi connectivity index (χ0v) is 14.7. The highest BCUT2D eigenvalue weighted by Crippen LogP contribution is 2.53. The molecular formula is C16H19O2PS2. The normalized spacial score (nSPS) is 17.3. The van der Waals surface area contributed by atoms with Crippen molar-refractivity contribution >= 4 is 35.4 Å². The monoisotopic (exact) mass is 338 g/mol. The van der Waals surface area contributed by atoms with Crippen molar-refractivity contribution in [1.29, 1.82) is 0 Å². The molecule has 1 atom stereocenters. The van der Waals surface area contributed by atoms with Gasteiger partial charge >= 0.3 is 0 Å². The molecule has 112 valence electrons. The van der Waals surface area contributed by atoms with E-state index in [1.165, 1.54) is 5.56 Å². The van der Waals surface area contributed by atoms with Crippen molar-refractivity contribution in [2.24, 2.45) is 0 Å². The Labute approximate surface area is 136 Å². The predicted octanol–water partition coefficient (Wildman–Crippen LogP) is 4.71. The molecule has 1 aromatic rings. The molecule has 0 amide bonds. The quantitative estimate of drug-likeness (QED) is 0.622. The van der Waals surface area contributed by atoms with Crippen molar-refractivity contribution in [2.45, 2.75) is 33.1 Å². The smallest absolute Gasteiger partial charge is 0.267 e. The van der Waals surface area contributed by atoms with E-state index >= 15 is 0 Å². The van der Waals surface area contributed by atoms with Crippen molar-refractivity contribution in [2.75, 3.05) is 0 Å². The third-order valence-corrected chi connectivity index (χ3v) is 6.29. The Morgan fingerprint density at radius 2 is 2.05 bits per heavy atom.